The quantitative estimate of drug-likeness (QED) is 0.496. The Labute approximate surface area is 39.5 Å². The van der Waals surface area contributed by atoms with E-state index < -0.39 is 6.58 Å². The second-order valence-corrected chi connectivity index (χ2v) is 0.858. The summed E-state index contributed by atoms with van der Waals surface area (Å²) in [6.07, 6.45) is 0. The smallest absolute Gasteiger partial charge is 0.0696 e. The molecule has 1 unspecified atom stereocenters. The molecule has 0 saturated heterocycles. The first-order valence-electron chi connectivity index (χ1n) is 2.33. The van der Waals surface area contributed by atoms with Gasteiger partial charge in [-0.1, -0.05) is 0 Å². The van der Waals surface area contributed by atoms with E-state index >= 15 is 0 Å². The van der Waals surface area contributed by atoms with Crippen molar-refractivity contribution in [1.82, 2.24) is 0 Å². The molecule has 0 aliphatic heterocycles. The van der Waals surface area contributed by atoms with Crippen LogP contribution in [-0.2, 0) is 9.47 Å². The van der Waals surface area contributed by atoms with Crippen LogP contribution in [0.5, 0.6) is 0 Å². The lowest BCUT2D eigenvalue weighted by atomic mass is 10.8. The largest absolute Gasteiger partial charge is 0.382 e. The van der Waals surface area contributed by atoms with Crippen molar-refractivity contribution in [3.8, 4) is 0 Å². The molecule has 0 radical (unpaired) electrons. The van der Waals surface area contributed by atoms with Gasteiger partial charge < -0.3 is 9.47 Å². The lowest BCUT2D eigenvalue weighted by molar-refractivity contribution is 0.103. The molecule has 0 saturated carbocycles. The van der Waals surface area contributed by atoms with Crippen LogP contribution in [0.15, 0.2) is 0 Å². The normalized spacial score (nSPS) is 16.7. The monoisotopic (exact) mass is 91.1 g/mol. The summed E-state index contributed by atoms with van der Waals surface area (Å²) < 4.78 is 16.0. The van der Waals surface area contributed by atoms with Gasteiger partial charge in [0, 0.05) is 14.2 Å². The van der Waals surface area contributed by atoms with Crippen LogP contribution >= 0.6 is 0 Å². The van der Waals surface area contributed by atoms with Crippen LogP contribution in [0.3, 0.4) is 0 Å². The lowest BCUT2D eigenvalue weighted by Gasteiger charge is -1.91. The fraction of sp³-hybridized carbons (Fsp3) is 1.00. The molecule has 2 nitrogen and oxygen atoms in total. The highest BCUT2D eigenvalue weighted by molar-refractivity contribution is 4.17. The minimum atomic E-state index is -0.523. The summed E-state index contributed by atoms with van der Waals surface area (Å²) in [5.74, 6) is 0. The van der Waals surface area contributed by atoms with Gasteiger partial charge in [-0.15, -0.1) is 0 Å². The maximum Gasteiger partial charge on any atom is 0.0696 e. The molecule has 0 aromatic carbocycles. The molecule has 0 aliphatic carbocycles. The van der Waals surface area contributed by atoms with Crippen molar-refractivity contribution >= 4 is 0 Å². The minimum absolute atomic E-state index is 0.344. The van der Waals surface area contributed by atoms with Gasteiger partial charge in [-0.2, -0.15) is 0 Å². The summed E-state index contributed by atoms with van der Waals surface area (Å²) >= 11 is 0. The Morgan fingerprint density at radius 1 is 1.50 bits per heavy atom. The molecule has 2 heteroatoms. The van der Waals surface area contributed by atoms with Crippen LogP contribution in [0.4, 0.5) is 0 Å². The fourth-order valence-corrected chi connectivity index (χ4v) is 0.136. The van der Waals surface area contributed by atoms with Crippen molar-refractivity contribution < 1.29 is 10.8 Å². The molecule has 0 fully saturated rings. The van der Waals surface area contributed by atoms with Crippen molar-refractivity contribution in [1.29, 1.82) is 0 Å². The van der Waals surface area contributed by atoms with Crippen molar-refractivity contribution in [2.45, 2.75) is 0 Å². The van der Waals surface area contributed by atoms with E-state index in [0.717, 1.165) is 0 Å². The van der Waals surface area contributed by atoms with E-state index in [-0.39, 0.29) is 0 Å². The predicted octanol–water partition coefficient (Wildman–Crippen LogP) is 0.279. The van der Waals surface area contributed by atoms with E-state index in [0.29, 0.717) is 6.61 Å². The van der Waals surface area contributed by atoms with Gasteiger partial charge in [0.05, 0.1) is 14.6 Å². The molecule has 0 bridgehead atoms. The fourth-order valence-electron chi connectivity index (χ4n) is 0.136. The molecule has 0 spiro atoms. The first kappa shape index (κ1) is 4.09. The molecule has 0 aromatic rings. The molecular formula is C4H10O2. The Balaban J connectivity index is 2.83. The second kappa shape index (κ2) is 4.92. The lowest BCUT2D eigenvalue weighted by Crippen LogP contribution is -1.96. The number of rotatable bonds is 3. The third-order valence-electron chi connectivity index (χ3n) is 0.401. The topological polar surface area (TPSA) is 18.5 Å². The summed E-state index contributed by atoms with van der Waals surface area (Å²) in [5, 5.41) is 0. The summed E-state index contributed by atoms with van der Waals surface area (Å²) in [5.41, 5.74) is 0. The first-order chi connectivity index (χ1) is 3.31. The molecule has 38 valence electrons. The highest BCUT2D eigenvalue weighted by Gasteiger charge is 1.73. The Bertz CT molecular complexity index is 40.7. The van der Waals surface area contributed by atoms with Crippen molar-refractivity contribution in [2.75, 3.05) is 27.4 Å². The van der Waals surface area contributed by atoms with Gasteiger partial charge in [0.25, 0.3) is 0 Å². The van der Waals surface area contributed by atoms with Crippen molar-refractivity contribution in [2.24, 2.45) is 0 Å². The number of ether oxygens (including phenoxy) is 2. The van der Waals surface area contributed by atoms with Crippen LogP contribution in [0.2, 0.25) is 0 Å². The second-order valence-electron chi connectivity index (χ2n) is 0.858. The molecule has 0 amide bonds. The molecule has 1 atom stereocenters. The van der Waals surface area contributed by atoms with Crippen LogP contribution in [0, 0.1) is 0 Å². The molecule has 0 heterocycles. The maximum absolute atomic E-state index is 6.87. The van der Waals surface area contributed by atoms with E-state index in [1.165, 1.54) is 7.11 Å². The summed E-state index contributed by atoms with van der Waals surface area (Å²) in [7, 11) is 3.03. The van der Waals surface area contributed by atoms with Gasteiger partial charge in [-0.3, -0.25) is 0 Å². The van der Waals surface area contributed by atoms with Gasteiger partial charge in [-0.05, 0) is 0 Å². The van der Waals surface area contributed by atoms with E-state index in [4.69, 9.17) is 1.37 Å². The average Bonchev–Trinajstić information content (AvgIpc) is 1.68. The Kier molecular flexibility index (Phi) is 3.35. The highest BCUT2D eigenvalue weighted by atomic mass is 16.5. The summed E-state index contributed by atoms with van der Waals surface area (Å²) in [6, 6.07) is 0. The molecule has 0 rings (SSSR count). The van der Waals surface area contributed by atoms with Crippen LogP contribution in [-0.4, -0.2) is 27.4 Å². The number of hydrogen-bond acceptors (Lipinski definition) is 2. The standard InChI is InChI=1S/C4H10O2/c1-5-3-4-6-2/h3-4H2,1-2H3/i3D. The first-order valence-corrected chi connectivity index (χ1v) is 1.75. The predicted molar refractivity (Wildman–Crippen MR) is 23.8 cm³/mol. The Hall–Kier alpha value is -0.0800. The molecule has 6 heavy (non-hydrogen) atoms. The zero-order chi connectivity index (χ0) is 5.70. The third-order valence-corrected chi connectivity index (χ3v) is 0.401. The van der Waals surface area contributed by atoms with Gasteiger partial charge in [0.15, 0.2) is 0 Å². The number of methoxy groups -OCH3 is 2. The molecule has 0 N–H and O–H groups in total. The van der Waals surface area contributed by atoms with Gasteiger partial charge >= 0.3 is 0 Å². The van der Waals surface area contributed by atoms with E-state index in [2.05, 4.69) is 9.47 Å². The zero-order valence-corrected chi connectivity index (χ0v) is 4.10. The molecular weight excluding hydrogens is 80.0 g/mol. The third kappa shape index (κ3) is 3.92. The van der Waals surface area contributed by atoms with Gasteiger partial charge in [-0.25, -0.2) is 0 Å². The number of hydrogen-bond donors (Lipinski definition) is 0. The highest BCUT2D eigenvalue weighted by Crippen LogP contribution is 1.65. The van der Waals surface area contributed by atoms with E-state index in [9.17, 15) is 0 Å². The van der Waals surface area contributed by atoms with Gasteiger partial charge in [0.1, 0.15) is 0 Å². The van der Waals surface area contributed by atoms with Gasteiger partial charge in [0.2, 0.25) is 0 Å². The molecule has 0 aliphatic rings. The van der Waals surface area contributed by atoms with Crippen LogP contribution < -0.4 is 0 Å². The Morgan fingerprint density at radius 2 is 2.17 bits per heavy atom. The summed E-state index contributed by atoms with van der Waals surface area (Å²) in [4.78, 5) is 0. The molecule has 0 aromatic heterocycles. The van der Waals surface area contributed by atoms with Crippen molar-refractivity contribution in [3.05, 3.63) is 0 Å². The summed E-state index contributed by atoms with van der Waals surface area (Å²) in [6.45, 7) is -0.179. The van der Waals surface area contributed by atoms with Crippen LogP contribution in [0.25, 0.3) is 0 Å². The maximum atomic E-state index is 6.87. The van der Waals surface area contributed by atoms with E-state index in [1.54, 1.807) is 7.11 Å². The van der Waals surface area contributed by atoms with Crippen LogP contribution in [0.1, 0.15) is 1.37 Å². The van der Waals surface area contributed by atoms with E-state index in [1.807, 2.05) is 0 Å². The SMILES string of the molecule is [2H]C(COC)OC. The Morgan fingerprint density at radius 3 is 2.33 bits per heavy atom. The average molecular weight is 91.1 g/mol. The zero-order valence-electron chi connectivity index (χ0n) is 5.10. The van der Waals surface area contributed by atoms with Crippen molar-refractivity contribution in [3.63, 3.8) is 0 Å². The minimum Gasteiger partial charge on any atom is -0.382 e.